The number of carbonyl (C=O) groups is 1. The SMILES string of the molecule is CO[C@H]1C[C@@H](C(N)=O)N(Cc2ccc(F)c(F)c2)C1. The van der Waals surface area contributed by atoms with Gasteiger partial charge in [-0.15, -0.1) is 0 Å². The predicted octanol–water partition coefficient (Wildman–Crippen LogP) is 1.04. The molecule has 19 heavy (non-hydrogen) atoms. The Balaban J connectivity index is 2.12. The molecule has 1 heterocycles. The Morgan fingerprint density at radius 2 is 2.21 bits per heavy atom. The molecule has 1 aromatic carbocycles. The Hall–Kier alpha value is -1.53. The molecule has 2 atom stereocenters. The molecule has 1 aliphatic rings. The predicted molar refractivity (Wildman–Crippen MR) is 65.2 cm³/mol. The second kappa shape index (κ2) is 5.63. The van der Waals surface area contributed by atoms with Crippen LogP contribution in [0.1, 0.15) is 12.0 Å². The Bertz CT molecular complexity index is 482. The summed E-state index contributed by atoms with van der Waals surface area (Å²) in [6.45, 7) is 0.883. The Morgan fingerprint density at radius 3 is 2.79 bits per heavy atom. The lowest BCUT2D eigenvalue weighted by Gasteiger charge is -2.21. The van der Waals surface area contributed by atoms with Gasteiger partial charge in [-0.05, 0) is 24.1 Å². The molecule has 1 saturated heterocycles. The third-order valence-electron chi connectivity index (χ3n) is 3.40. The molecule has 0 saturated carbocycles. The molecular formula is C13H16F2N2O2. The number of hydrogen-bond donors (Lipinski definition) is 1. The maximum Gasteiger partial charge on any atom is 0.234 e. The van der Waals surface area contributed by atoms with Crippen LogP contribution in [0.4, 0.5) is 8.78 Å². The van der Waals surface area contributed by atoms with E-state index in [-0.39, 0.29) is 6.10 Å². The van der Waals surface area contributed by atoms with Crippen LogP contribution in [-0.4, -0.2) is 36.6 Å². The van der Waals surface area contributed by atoms with Gasteiger partial charge in [-0.3, -0.25) is 9.69 Å². The van der Waals surface area contributed by atoms with Crippen LogP contribution >= 0.6 is 0 Å². The molecule has 1 aliphatic heterocycles. The first kappa shape index (κ1) is 13.9. The van der Waals surface area contributed by atoms with Crippen LogP contribution in [0.2, 0.25) is 0 Å². The second-order valence-corrected chi connectivity index (χ2v) is 4.69. The van der Waals surface area contributed by atoms with E-state index in [0.29, 0.717) is 25.1 Å². The fourth-order valence-electron chi connectivity index (χ4n) is 2.38. The summed E-state index contributed by atoms with van der Waals surface area (Å²) in [4.78, 5) is 13.2. The number of ether oxygens (including phenoxy) is 1. The molecule has 0 aliphatic carbocycles. The minimum absolute atomic E-state index is 0.0669. The summed E-state index contributed by atoms with van der Waals surface area (Å²) in [5.74, 6) is -2.20. The van der Waals surface area contributed by atoms with Gasteiger partial charge >= 0.3 is 0 Å². The van der Waals surface area contributed by atoms with Crippen LogP contribution in [0.5, 0.6) is 0 Å². The standard InChI is InChI=1S/C13H16F2N2O2/c1-19-9-5-12(13(16)18)17(7-9)6-8-2-3-10(14)11(15)4-8/h2-4,9,12H,5-7H2,1H3,(H2,16,18)/t9-,12-/m0/s1. The van der Waals surface area contributed by atoms with Crippen molar-refractivity contribution in [2.75, 3.05) is 13.7 Å². The number of carbonyl (C=O) groups excluding carboxylic acids is 1. The van der Waals surface area contributed by atoms with Crippen LogP contribution < -0.4 is 5.73 Å². The summed E-state index contributed by atoms with van der Waals surface area (Å²) in [6.07, 6.45) is 0.456. The zero-order chi connectivity index (χ0) is 14.0. The number of rotatable bonds is 4. The van der Waals surface area contributed by atoms with Crippen molar-refractivity contribution in [1.82, 2.24) is 4.90 Å². The van der Waals surface area contributed by atoms with E-state index in [4.69, 9.17) is 10.5 Å². The molecule has 1 fully saturated rings. The second-order valence-electron chi connectivity index (χ2n) is 4.69. The highest BCUT2D eigenvalue weighted by Crippen LogP contribution is 2.22. The molecule has 1 amide bonds. The van der Waals surface area contributed by atoms with E-state index in [0.717, 1.165) is 12.1 Å². The van der Waals surface area contributed by atoms with E-state index in [1.165, 1.54) is 6.07 Å². The normalized spacial score (nSPS) is 23.7. The highest BCUT2D eigenvalue weighted by atomic mass is 19.2. The Morgan fingerprint density at radius 1 is 1.47 bits per heavy atom. The minimum atomic E-state index is -0.893. The van der Waals surface area contributed by atoms with Gasteiger partial charge in [0.2, 0.25) is 5.91 Å². The number of hydrogen-bond acceptors (Lipinski definition) is 3. The van der Waals surface area contributed by atoms with E-state index in [2.05, 4.69) is 0 Å². The molecule has 0 aromatic heterocycles. The fraction of sp³-hybridized carbons (Fsp3) is 0.462. The first-order valence-electron chi connectivity index (χ1n) is 6.01. The molecule has 0 unspecified atom stereocenters. The molecule has 6 heteroatoms. The van der Waals surface area contributed by atoms with Crippen LogP contribution in [0.25, 0.3) is 0 Å². The molecule has 2 rings (SSSR count). The maximum atomic E-state index is 13.1. The summed E-state index contributed by atoms with van der Waals surface area (Å²) in [6, 6.07) is 3.27. The van der Waals surface area contributed by atoms with Crippen molar-refractivity contribution in [3.63, 3.8) is 0 Å². The van der Waals surface area contributed by atoms with E-state index < -0.39 is 23.6 Å². The van der Waals surface area contributed by atoms with E-state index in [9.17, 15) is 13.6 Å². The molecular weight excluding hydrogens is 254 g/mol. The van der Waals surface area contributed by atoms with Gasteiger partial charge < -0.3 is 10.5 Å². The van der Waals surface area contributed by atoms with Crippen LogP contribution in [0.3, 0.4) is 0 Å². The lowest BCUT2D eigenvalue weighted by atomic mass is 10.1. The monoisotopic (exact) mass is 270 g/mol. The minimum Gasteiger partial charge on any atom is -0.380 e. The zero-order valence-electron chi connectivity index (χ0n) is 10.6. The molecule has 1 aromatic rings. The highest BCUT2D eigenvalue weighted by Gasteiger charge is 2.35. The van der Waals surface area contributed by atoms with Gasteiger partial charge in [0, 0.05) is 20.2 Å². The fourth-order valence-corrected chi connectivity index (χ4v) is 2.38. The van der Waals surface area contributed by atoms with E-state index >= 15 is 0 Å². The lowest BCUT2D eigenvalue weighted by Crippen LogP contribution is -2.39. The van der Waals surface area contributed by atoms with Gasteiger partial charge in [0.05, 0.1) is 12.1 Å². The average Bonchev–Trinajstić information content (AvgIpc) is 2.77. The Kier molecular flexibility index (Phi) is 4.11. The Labute approximate surface area is 110 Å². The third-order valence-corrected chi connectivity index (χ3v) is 3.40. The van der Waals surface area contributed by atoms with Crippen LogP contribution in [0, 0.1) is 11.6 Å². The summed E-state index contributed by atoms with van der Waals surface area (Å²) in [5, 5.41) is 0. The molecule has 0 spiro atoms. The van der Waals surface area contributed by atoms with E-state index in [1.54, 1.807) is 7.11 Å². The van der Waals surface area contributed by atoms with Crippen LogP contribution in [0.15, 0.2) is 18.2 Å². The number of methoxy groups -OCH3 is 1. The molecule has 104 valence electrons. The highest BCUT2D eigenvalue weighted by molar-refractivity contribution is 5.80. The smallest absolute Gasteiger partial charge is 0.234 e. The van der Waals surface area contributed by atoms with Gasteiger partial charge in [-0.1, -0.05) is 6.07 Å². The van der Waals surface area contributed by atoms with Crippen molar-refractivity contribution >= 4 is 5.91 Å². The summed E-state index contributed by atoms with van der Waals surface area (Å²) < 4.78 is 31.2. The first-order chi connectivity index (χ1) is 9.01. The van der Waals surface area contributed by atoms with Gasteiger partial charge in [0.15, 0.2) is 11.6 Å². The molecule has 4 nitrogen and oxygen atoms in total. The number of primary amides is 1. The number of amides is 1. The van der Waals surface area contributed by atoms with Crippen molar-refractivity contribution in [1.29, 1.82) is 0 Å². The summed E-state index contributed by atoms with van der Waals surface area (Å²) in [7, 11) is 1.57. The van der Waals surface area contributed by atoms with Crippen LogP contribution in [-0.2, 0) is 16.1 Å². The van der Waals surface area contributed by atoms with E-state index in [1.807, 2.05) is 4.90 Å². The van der Waals surface area contributed by atoms with Crippen molar-refractivity contribution in [2.45, 2.75) is 25.1 Å². The number of nitrogens with zero attached hydrogens (tertiary/aromatic N) is 1. The van der Waals surface area contributed by atoms with Gasteiger partial charge in [-0.25, -0.2) is 8.78 Å². The molecule has 0 bridgehead atoms. The summed E-state index contributed by atoms with van der Waals surface area (Å²) in [5.41, 5.74) is 5.94. The zero-order valence-corrected chi connectivity index (χ0v) is 10.6. The molecule has 2 N–H and O–H groups in total. The average molecular weight is 270 g/mol. The lowest BCUT2D eigenvalue weighted by molar-refractivity contribution is -0.122. The number of nitrogens with two attached hydrogens (primary N) is 1. The van der Waals surface area contributed by atoms with Crippen molar-refractivity contribution in [2.24, 2.45) is 5.73 Å². The van der Waals surface area contributed by atoms with Crippen molar-refractivity contribution < 1.29 is 18.3 Å². The summed E-state index contributed by atoms with van der Waals surface area (Å²) >= 11 is 0. The third kappa shape index (κ3) is 3.08. The number of likely N-dealkylation sites (tertiary alicyclic amines) is 1. The van der Waals surface area contributed by atoms with Gasteiger partial charge in [0.25, 0.3) is 0 Å². The quantitative estimate of drug-likeness (QED) is 0.889. The number of halogens is 2. The van der Waals surface area contributed by atoms with Crippen molar-refractivity contribution in [3.8, 4) is 0 Å². The maximum absolute atomic E-state index is 13.1. The number of benzene rings is 1. The first-order valence-corrected chi connectivity index (χ1v) is 6.01. The topological polar surface area (TPSA) is 55.6 Å². The van der Waals surface area contributed by atoms with Gasteiger partial charge in [0.1, 0.15) is 0 Å². The molecule has 0 radical (unpaired) electrons. The largest absolute Gasteiger partial charge is 0.380 e. The van der Waals surface area contributed by atoms with Crippen molar-refractivity contribution in [3.05, 3.63) is 35.4 Å². The van der Waals surface area contributed by atoms with Gasteiger partial charge in [-0.2, -0.15) is 0 Å².